The summed E-state index contributed by atoms with van der Waals surface area (Å²) in [5, 5.41) is 24.6. The molecule has 4 aromatic rings. The third kappa shape index (κ3) is 5.90. The summed E-state index contributed by atoms with van der Waals surface area (Å²) in [4.78, 5) is 12.5. The zero-order chi connectivity index (χ0) is 25.5. The molecule has 4 rings (SSSR count). The lowest BCUT2D eigenvalue weighted by molar-refractivity contribution is -0.625. The van der Waals surface area contributed by atoms with Crippen molar-refractivity contribution in [2.24, 2.45) is 5.10 Å². The first-order valence-electron chi connectivity index (χ1n) is 11.4. The fourth-order valence-corrected chi connectivity index (χ4v) is 4.35. The average Bonchev–Trinajstić information content (AvgIpc) is 3.30. The van der Waals surface area contributed by atoms with Gasteiger partial charge in [-0.2, -0.15) is 9.67 Å². The molecule has 1 aromatic heterocycles. The molecule has 0 bridgehead atoms. The van der Waals surface area contributed by atoms with Gasteiger partial charge in [-0.1, -0.05) is 71.0 Å². The normalized spacial score (nSPS) is 11.1. The Morgan fingerprint density at radius 1 is 1.11 bits per heavy atom. The summed E-state index contributed by atoms with van der Waals surface area (Å²) in [6.07, 6.45) is 3.53. The predicted molar refractivity (Wildman–Crippen MR) is 141 cm³/mol. The molecule has 8 heteroatoms. The number of aromatic nitrogens is 3. The van der Waals surface area contributed by atoms with E-state index in [4.69, 9.17) is 0 Å². The van der Waals surface area contributed by atoms with Crippen LogP contribution < -0.4 is 15.1 Å². The summed E-state index contributed by atoms with van der Waals surface area (Å²) >= 11 is 1.29. The van der Waals surface area contributed by atoms with Crippen LogP contribution in [0.2, 0.25) is 0 Å². The lowest BCUT2D eigenvalue weighted by Gasteiger charge is -2.15. The molecule has 7 nitrogen and oxygen atoms in total. The number of hydrogen-bond donors (Lipinski definition) is 2. The van der Waals surface area contributed by atoms with Crippen LogP contribution in [0.15, 0.2) is 89.6 Å². The van der Waals surface area contributed by atoms with Crippen molar-refractivity contribution < 1.29 is 14.5 Å². The molecule has 0 radical (unpaired) electrons. The fourth-order valence-electron chi connectivity index (χ4n) is 3.59. The van der Waals surface area contributed by atoms with E-state index in [0.717, 1.165) is 22.6 Å². The SMILES string of the molecule is C=CCc1cccc(/C=N/NC(=O)CSc2n[nH]c(-c3ccc(C)cc3)[n+]2-c2ccc(C)cc2)c1[O-]. The number of carbonyl (C=O) groups excluding carboxylic acids is 1. The number of hydrazone groups is 1. The van der Waals surface area contributed by atoms with Gasteiger partial charge >= 0.3 is 5.16 Å². The van der Waals surface area contributed by atoms with Gasteiger partial charge in [0, 0.05) is 0 Å². The van der Waals surface area contributed by atoms with Crippen LogP contribution in [0.1, 0.15) is 22.3 Å². The van der Waals surface area contributed by atoms with Crippen LogP contribution in [-0.4, -0.2) is 28.1 Å². The Morgan fingerprint density at radius 3 is 2.50 bits per heavy atom. The number of benzene rings is 3. The van der Waals surface area contributed by atoms with Gasteiger partial charge in [-0.05, 0) is 61.9 Å². The highest BCUT2D eigenvalue weighted by Crippen LogP contribution is 2.21. The van der Waals surface area contributed by atoms with Crippen LogP contribution >= 0.6 is 11.8 Å². The zero-order valence-corrected chi connectivity index (χ0v) is 21.0. The Balaban J connectivity index is 1.49. The fraction of sp³-hybridized carbons (Fsp3) is 0.143. The lowest BCUT2D eigenvalue weighted by Crippen LogP contribution is -2.34. The maximum Gasteiger partial charge on any atom is 0.342 e. The second-order valence-electron chi connectivity index (χ2n) is 8.30. The van der Waals surface area contributed by atoms with Gasteiger partial charge in [0.05, 0.1) is 22.6 Å². The van der Waals surface area contributed by atoms with E-state index in [-0.39, 0.29) is 17.4 Å². The number of nitrogens with one attached hydrogen (secondary N) is 2. The lowest BCUT2D eigenvalue weighted by atomic mass is 10.1. The second kappa shape index (κ2) is 11.5. The smallest absolute Gasteiger partial charge is 0.342 e. The summed E-state index contributed by atoms with van der Waals surface area (Å²) in [5.41, 5.74) is 7.80. The highest BCUT2D eigenvalue weighted by Gasteiger charge is 2.24. The molecule has 0 aliphatic rings. The summed E-state index contributed by atoms with van der Waals surface area (Å²) < 4.78 is 2.00. The Hall–Kier alpha value is -4.17. The van der Waals surface area contributed by atoms with Gasteiger partial charge in [0.25, 0.3) is 11.7 Å². The van der Waals surface area contributed by atoms with Crippen molar-refractivity contribution in [3.8, 4) is 22.8 Å². The van der Waals surface area contributed by atoms with Crippen molar-refractivity contribution in [3.63, 3.8) is 0 Å². The number of aryl methyl sites for hydroxylation is 2. The van der Waals surface area contributed by atoms with E-state index in [0.29, 0.717) is 22.7 Å². The van der Waals surface area contributed by atoms with Gasteiger partial charge in [0.1, 0.15) is 5.69 Å². The van der Waals surface area contributed by atoms with Crippen LogP contribution in [0, 0.1) is 13.8 Å². The van der Waals surface area contributed by atoms with E-state index in [2.05, 4.69) is 27.3 Å². The molecule has 0 atom stereocenters. The molecule has 182 valence electrons. The molecule has 3 aromatic carbocycles. The van der Waals surface area contributed by atoms with Gasteiger partial charge in [-0.25, -0.2) is 5.43 Å². The minimum Gasteiger partial charge on any atom is -0.872 e. The molecule has 2 N–H and O–H groups in total. The van der Waals surface area contributed by atoms with Crippen molar-refractivity contribution >= 4 is 23.9 Å². The molecule has 1 amide bonds. The summed E-state index contributed by atoms with van der Waals surface area (Å²) in [6.45, 7) is 7.75. The molecule has 0 saturated carbocycles. The van der Waals surface area contributed by atoms with Crippen molar-refractivity contribution in [3.05, 3.63) is 102 Å². The molecular weight excluding hydrogens is 470 g/mol. The number of H-pyrrole nitrogens is 1. The maximum absolute atomic E-state index is 12.5. The number of rotatable bonds is 9. The number of carbonyl (C=O) groups is 1. The largest absolute Gasteiger partial charge is 0.872 e. The topological polar surface area (TPSA) is 97.1 Å². The molecule has 36 heavy (non-hydrogen) atoms. The van der Waals surface area contributed by atoms with E-state index < -0.39 is 0 Å². The van der Waals surface area contributed by atoms with E-state index in [1.54, 1.807) is 24.3 Å². The number of amides is 1. The van der Waals surface area contributed by atoms with Crippen LogP contribution in [0.25, 0.3) is 17.1 Å². The Bertz CT molecular complexity index is 1390. The van der Waals surface area contributed by atoms with Crippen molar-refractivity contribution in [2.75, 3.05) is 5.75 Å². The number of allylic oxidation sites excluding steroid dienone is 1. The van der Waals surface area contributed by atoms with Crippen molar-refractivity contribution in [2.45, 2.75) is 25.4 Å². The summed E-state index contributed by atoms with van der Waals surface area (Å²) in [5.74, 6) is 0.495. The number of thioether (sulfide) groups is 1. The molecule has 0 unspecified atom stereocenters. The summed E-state index contributed by atoms with van der Waals surface area (Å²) in [7, 11) is 0. The molecular formula is C28H27N5O2S. The third-order valence-corrected chi connectivity index (χ3v) is 6.44. The van der Waals surface area contributed by atoms with Crippen molar-refractivity contribution in [1.29, 1.82) is 0 Å². The van der Waals surface area contributed by atoms with Gasteiger partial charge in [-0.15, -0.1) is 11.7 Å². The first-order valence-corrected chi connectivity index (χ1v) is 12.4. The molecule has 0 aliphatic heterocycles. The number of hydrogen-bond acceptors (Lipinski definition) is 5. The van der Waals surface area contributed by atoms with Gasteiger partial charge < -0.3 is 5.11 Å². The van der Waals surface area contributed by atoms with Gasteiger partial charge in [0.2, 0.25) is 0 Å². The van der Waals surface area contributed by atoms with E-state index >= 15 is 0 Å². The van der Waals surface area contributed by atoms with Gasteiger partial charge in [0.15, 0.2) is 0 Å². The standard InChI is InChI=1S/C28H27N5O2S/c1-4-6-21-7-5-8-23(26(21)35)17-29-30-25(34)18-36-28-32-31-27(22-13-9-19(2)10-14-22)33(28)24-15-11-20(3)12-16-24/h4-5,7-17H,1,6,18H2,2-3H3,(H2,29,30,34,35). The molecule has 0 spiro atoms. The summed E-state index contributed by atoms with van der Waals surface area (Å²) in [6, 6.07) is 21.5. The highest BCUT2D eigenvalue weighted by molar-refractivity contribution is 7.99. The number of para-hydroxylation sites is 1. The Morgan fingerprint density at radius 2 is 1.81 bits per heavy atom. The van der Waals surface area contributed by atoms with E-state index in [9.17, 15) is 9.90 Å². The number of aromatic amines is 1. The molecule has 1 heterocycles. The highest BCUT2D eigenvalue weighted by atomic mass is 32.2. The average molecular weight is 498 g/mol. The second-order valence-corrected chi connectivity index (χ2v) is 9.24. The molecule has 0 fully saturated rings. The van der Waals surface area contributed by atoms with Crippen LogP contribution in [-0.2, 0) is 11.2 Å². The zero-order valence-electron chi connectivity index (χ0n) is 20.2. The minimum absolute atomic E-state index is 0.0993. The van der Waals surface area contributed by atoms with Crippen molar-refractivity contribution in [1.82, 2.24) is 15.6 Å². The maximum atomic E-state index is 12.5. The molecule has 0 aliphatic carbocycles. The Kier molecular flexibility index (Phi) is 7.97. The van der Waals surface area contributed by atoms with Crippen LogP contribution in [0.5, 0.6) is 5.75 Å². The first kappa shape index (κ1) is 24.9. The predicted octanol–water partition coefficient (Wildman–Crippen LogP) is 4.01. The van der Waals surface area contributed by atoms with E-state index in [1.165, 1.54) is 23.5 Å². The quantitative estimate of drug-likeness (QED) is 0.120. The van der Waals surface area contributed by atoms with E-state index in [1.807, 2.05) is 66.9 Å². The number of nitrogens with zero attached hydrogens (tertiary/aromatic N) is 3. The monoisotopic (exact) mass is 497 g/mol. The Labute approximate surface area is 214 Å². The third-order valence-electron chi connectivity index (χ3n) is 5.51. The van der Waals surface area contributed by atoms with Gasteiger partial charge in [-0.3, -0.25) is 4.79 Å². The van der Waals surface area contributed by atoms with Crippen LogP contribution in [0.4, 0.5) is 0 Å². The van der Waals surface area contributed by atoms with Crippen LogP contribution in [0.3, 0.4) is 0 Å². The molecule has 0 saturated heterocycles. The first-order chi connectivity index (χ1) is 17.5. The minimum atomic E-state index is -0.304.